The van der Waals surface area contributed by atoms with Crippen molar-refractivity contribution in [2.75, 3.05) is 13.2 Å². The van der Waals surface area contributed by atoms with Crippen LogP contribution in [0.2, 0.25) is 0 Å². The zero-order valence-electron chi connectivity index (χ0n) is 13.0. The first-order chi connectivity index (χ1) is 10.3. The fourth-order valence-electron chi connectivity index (χ4n) is 3.93. The summed E-state index contributed by atoms with van der Waals surface area (Å²) in [6.45, 7) is 4.16. The Labute approximate surface area is 136 Å². The van der Waals surface area contributed by atoms with Gasteiger partial charge < -0.3 is 10.1 Å². The summed E-state index contributed by atoms with van der Waals surface area (Å²) in [5.74, 6) is 1.97. The van der Waals surface area contributed by atoms with Gasteiger partial charge in [0.05, 0.1) is 6.61 Å². The molecule has 3 heteroatoms. The van der Waals surface area contributed by atoms with Gasteiger partial charge in [-0.05, 0) is 55.0 Å². The van der Waals surface area contributed by atoms with Gasteiger partial charge in [-0.3, -0.25) is 0 Å². The Morgan fingerprint density at radius 3 is 3.00 bits per heavy atom. The predicted octanol–water partition coefficient (Wildman–Crippen LogP) is 4.48. The highest BCUT2D eigenvalue weighted by Crippen LogP contribution is 2.36. The van der Waals surface area contributed by atoms with Crippen molar-refractivity contribution in [1.29, 1.82) is 0 Å². The van der Waals surface area contributed by atoms with Gasteiger partial charge in [-0.15, -0.1) is 0 Å². The summed E-state index contributed by atoms with van der Waals surface area (Å²) in [5.41, 5.74) is 2.80. The average molecular weight is 352 g/mol. The van der Waals surface area contributed by atoms with E-state index in [4.69, 9.17) is 4.74 Å². The number of hydrogen-bond acceptors (Lipinski definition) is 2. The molecule has 0 amide bonds. The molecule has 0 radical (unpaired) electrons. The Hall–Kier alpha value is -0.540. The molecule has 1 aromatic carbocycles. The minimum Gasteiger partial charge on any atom is -0.493 e. The van der Waals surface area contributed by atoms with Crippen LogP contribution < -0.4 is 10.1 Å². The lowest BCUT2D eigenvalue weighted by atomic mass is 9.90. The van der Waals surface area contributed by atoms with Crippen LogP contribution in [0.1, 0.15) is 50.2 Å². The van der Waals surface area contributed by atoms with E-state index in [9.17, 15) is 0 Å². The summed E-state index contributed by atoms with van der Waals surface area (Å²) < 4.78 is 7.10. The lowest BCUT2D eigenvalue weighted by Gasteiger charge is -2.21. The highest BCUT2D eigenvalue weighted by Gasteiger charge is 2.23. The highest BCUT2D eigenvalue weighted by atomic mass is 79.9. The molecule has 116 valence electrons. The van der Waals surface area contributed by atoms with Crippen LogP contribution in [0.25, 0.3) is 0 Å². The van der Waals surface area contributed by atoms with Crippen molar-refractivity contribution in [3.63, 3.8) is 0 Å². The third kappa shape index (κ3) is 3.81. The Kier molecular flexibility index (Phi) is 5.23. The summed E-state index contributed by atoms with van der Waals surface area (Å²) in [6, 6.07) is 5.21. The Bertz CT molecular complexity index is 488. The molecule has 2 atom stereocenters. The van der Waals surface area contributed by atoms with E-state index in [0.29, 0.717) is 6.04 Å². The first-order valence-corrected chi connectivity index (χ1v) is 9.23. The van der Waals surface area contributed by atoms with Crippen LogP contribution in [0, 0.1) is 5.92 Å². The molecule has 1 saturated carbocycles. The maximum Gasteiger partial charge on any atom is 0.125 e. The highest BCUT2D eigenvalue weighted by molar-refractivity contribution is 9.10. The van der Waals surface area contributed by atoms with Crippen molar-refractivity contribution < 1.29 is 4.74 Å². The summed E-state index contributed by atoms with van der Waals surface area (Å²) in [6.07, 6.45) is 9.01. The topological polar surface area (TPSA) is 21.3 Å². The van der Waals surface area contributed by atoms with Gasteiger partial charge in [-0.1, -0.05) is 42.1 Å². The molecule has 2 unspecified atom stereocenters. The van der Waals surface area contributed by atoms with Gasteiger partial charge in [0, 0.05) is 16.9 Å². The van der Waals surface area contributed by atoms with Gasteiger partial charge in [-0.25, -0.2) is 0 Å². The SMILES string of the molecule is CCNC1CCCCC(Cc2cc(Br)cc3c2OCC3)C1. The number of hydrogen-bond donors (Lipinski definition) is 1. The van der Waals surface area contributed by atoms with Crippen molar-refractivity contribution in [3.05, 3.63) is 27.7 Å². The van der Waals surface area contributed by atoms with Crippen molar-refractivity contribution in [1.82, 2.24) is 5.32 Å². The molecule has 1 aliphatic carbocycles. The zero-order chi connectivity index (χ0) is 14.7. The minimum absolute atomic E-state index is 0.712. The van der Waals surface area contributed by atoms with E-state index < -0.39 is 0 Å². The fourth-order valence-corrected chi connectivity index (χ4v) is 4.48. The molecule has 21 heavy (non-hydrogen) atoms. The number of benzene rings is 1. The van der Waals surface area contributed by atoms with Crippen LogP contribution in [-0.2, 0) is 12.8 Å². The third-order valence-electron chi connectivity index (χ3n) is 4.86. The van der Waals surface area contributed by atoms with E-state index in [-0.39, 0.29) is 0 Å². The lowest BCUT2D eigenvalue weighted by molar-refractivity contribution is 0.345. The second-order valence-electron chi connectivity index (χ2n) is 6.50. The molecule has 3 rings (SSSR count). The lowest BCUT2D eigenvalue weighted by Crippen LogP contribution is -2.30. The smallest absolute Gasteiger partial charge is 0.125 e. The van der Waals surface area contributed by atoms with E-state index in [1.54, 1.807) is 0 Å². The maximum absolute atomic E-state index is 5.90. The number of nitrogens with one attached hydrogen (secondary N) is 1. The Morgan fingerprint density at radius 2 is 2.14 bits per heavy atom. The van der Waals surface area contributed by atoms with Crippen molar-refractivity contribution in [2.24, 2.45) is 5.92 Å². The first-order valence-electron chi connectivity index (χ1n) is 8.43. The Morgan fingerprint density at radius 1 is 1.29 bits per heavy atom. The van der Waals surface area contributed by atoms with Crippen LogP contribution in [0.15, 0.2) is 16.6 Å². The standard InChI is InChI=1S/C18H26BrNO/c1-2-20-17-6-4-3-5-13(10-17)9-15-12-16(19)11-14-7-8-21-18(14)15/h11-13,17,20H,2-10H2,1H3. The van der Waals surface area contributed by atoms with Gasteiger partial charge in [-0.2, -0.15) is 0 Å². The van der Waals surface area contributed by atoms with Crippen LogP contribution in [0.5, 0.6) is 5.75 Å². The van der Waals surface area contributed by atoms with E-state index in [1.807, 2.05) is 0 Å². The normalized spacial score (nSPS) is 25.2. The average Bonchev–Trinajstić information content (AvgIpc) is 2.81. The van der Waals surface area contributed by atoms with E-state index >= 15 is 0 Å². The predicted molar refractivity (Wildman–Crippen MR) is 91.1 cm³/mol. The number of rotatable bonds is 4. The maximum atomic E-state index is 5.90. The van der Waals surface area contributed by atoms with Gasteiger partial charge in [0.15, 0.2) is 0 Å². The molecule has 1 aliphatic heterocycles. The number of fused-ring (bicyclic) bond motifs is 1. The molecule has 0 spiro atoms. The molecule has 0 saturated heterocycles. The minimum atomic E-state index is 0.712. The molecule has 2 aliphatic rings. The monoisotopic (exact) mass is 351 g/mol. The Balaban J connectivity index is 1.73. The van der Waals surface area contributed by atoms with Gasteiger partial charge in [0.2, 0.25) is 0 Å². The van der Waals surface area contributed by atoms with Gasteiger partial charge in [0.1, 0.15) is 5.75 Å². The summed E-state index contributed by atoms with van der Waals surface area (Å²) in [4.78, 5) is 0. The van der Waals surface area contributed by atoms with Gasteiger partial charge in [0.25, 0.3) is 0 Å². The summed E-state index contributed by atoms with van der Waals surface area (Å²) >= 11 is 3.66. The number of halogens is 1. The van der Waals surface area contributed by atoms with Crippen LogP contribution in [0.3, 0.4) is 0 Å². The molecule has 0 bridgehead atoms. The quantitative estimate of drug-likeness (QED) is 0.807. The number of ether oxygens (including phenoxy) is 1. The van der Waals surface area contributed by atoms with Crippen molar-refractivity contribution in [3.8, 4) is 5.75 Å². The molecule has 2 nitrogen and oxygen atoms in total. The summed E-state index contributed by atoms with van der Waals surface area (Å²) in [7, 11) is 0. The van der Waals surface area contributed by atoms with E-state index in [0.717, 1.165) is 25.5 Å². The van der Waals surface area contributed by atoms with Crippen LogP contribution >= 0.6 is 15.9 Å². The molecule has 1 fully saturated rings. The first kappa shape index (κ1) is 15.4. The zero-order valence-corrected chi connectivity index (χ0v) is 14.5. The van der Waals surface area contributed by atoms with Crippen LogP contribution in [0.4, 0.5) is 0 Å². The third-order valence-corrected chi connectivity index (χ3v) is 5.32. The largest absolute Gasteiger partial charge is 0.493 e. The summed E-state index contributed by atoms with van der Waals surface area (Å²) in [5, 5.41) is 3.66. The van der Waals surface area contributed by atoms with E-state index in [1.165, 1.54) is 59.9 Å². The molecule has 1 heterocycles. The molecule has 1 aromatic rings. The fraction of sp³-hybridized carbons (Fsp3) is 0.667. The van der Waals surface area contributed by atoms with Crippen LogP contribution in [-0.4, -0.2) is 19.2 Å². The second-order valence-corrected chi connectivity index (χ2v) is 7.41. The second kappa shape index (κ2) is 7.15. The molecule has 1 N–H and O–H groups in total. The molecular formula is C18H26BrNO. The van der Waals surface area contributed by atoms with E-state index in [2.05, 4.69) is 40.3 Å². The van der Waals surface area contributed by atoms with Crippen molar-refractivity contribution >= 4 is 15.9 Å². The molecular weight excluding hydrogens is 326 g/mol. The van der Waals surface area contributed by atoms with Gasteiger partial charge >= 0.3 is 0 Å². The van der Waals surface area contributed by atoms with Crippen molar-refractivity contribution in [2.45, 2.75) is 57.9 Å². The molecule has 0 aromatic heterocycles.